The average Bonchev–Trinajstić information content (AvgIpc) is 3.24. The standard InChI is InChI=1S/C25H29ClN2O5/c1-4-30-21-13-17(14-22(31-5-2)23(21)32-6-3)25(29)28-11-9-16(10-12-28)24-27-19-15-18(26)7-8-20(19)33-24/h7-8,13-16H,4-6,9-12H2,1-3H3. The van der Waals surface area contributed by atoms with Crippen LogP contribution in [0.5, 0.6) is 17.2 Å². The van der Waals surface area contributed by atoms with E-state index in [0.717, 1.165) is 23.9 Å². The molecule has 3 aromatic rings. The molecule has 0 bridgehead atoms. The second kappa shape index (κ2) is 10.3. The average molecular weight is 473 g/mol. The second-order valence-electron chi connectivity index (χ2n) is 7.83. The lowest BCUT2D eigenvalue weighted by Crippen LogP contribution is -2.38. The van der Waals surface area contributed by atoms with Gasteiger partial charge >= 0.3 is 0 Å². The van der Waals surface area contributed by atoms with Crippen molar-refractivity contribution in [1.29, 1.82) is 0 Å². The molecule has 0 spiro atoms. The van der Waals surface area contributed by atoms with Gasteiger partial charge in [0.05, 0.1) is 19.8 Å². The number of aromatic nitrogens is 1. The summed E-state index contributed by atoms with van der Waals surface area (Å²) in [7, 11) is 0. The highest BCUT2D eigenvalue weighted by Crippen LogP contribution is 2.40. The first-order chi connectivity index (χ1) is 16.0. The number of fused-ring (bicyclic) bond motifs is 1. The first-order valence-electron chi connectivity index (χ1n) is 11.5. The third-order valence-corrected chi connectivity index (χ3v) is 5.89. The van der Waals surface area contributed by atoms with E-state index >= 15 is 0 Å². The summed E-state index contributed by atoms with van der Waals surface area (Å²) in [5, 5.41) is 0.635. The predicted molar refractivity (Wildman–Crippen MR) is 127 cm³/mol. The number of likely N-dealkylation sites (tertiary alicyclic amines) is 1. The SMILES string of the molecule is CCOc1cc(C(=O)N2CCC(c3nc4cc(Cl)ccc4o3)CC2)cc(OCC)c1OCC. The van der Waals surface area contributed by atoms with E-state index in [4.69, 9.17) is 30.2 Å². The van der Waals surface area contributed by atoms with Crippen LogP contribution in [0.3, 0.4) is 0 Å². The maximum absolute atomic E-state index is 13.3. The molecule has 1 amide bonds. The van der Waals surface area contributed by atoms with E-state index in [1.807, 2.05) is 31.7 Å². The van der Waals surface area contributed by atoms with Gasteiger partial charge in [0.1, 0.15) is 5.52 Å². The summed E-state index contributed by atoms with van der Waals surface area (Å²) < 4.78 is 23.2. The van der Waals surface area contributed by atoms with Crippen molar-refractivity contribution in [2.45, 2.75) is 39.5 Å². The number of rotatable bonds is 8. The Kier molecular flexibility index (Phi) is 7.28. The van der Waals surface area contributed by atoms with Crippen molar-refractivity contribution in [2.75, 3.05) is 32.9 Å². The van der Waals surface area contributed by atoms with Gasteiger partial charge in [0.25, 0.3) is 5.91 Å². The van der Waals surface area contributed by atoms with Crippen molar-refractivity contribution in [1.82, 2.24) is 9.88 Å². The molecule has 2 heterocycles. The van der Waals surface area contributed by atoms with Crippen molar-refractivity contribution < 1.29 is 23.4 Å². The number of piperidine rings is 1. The van der Waals surface area contributed by atoms with Gasteiger partial charge in [0.2, 0.25) is 5.75 Å². The van der Waals surface area contributed by atoms with Gasteiger partial charge in [-0.05, 0) is 63.9 Å². The van der Waals surface area contributed by atoms with E-state index in [1.54, 1.807) is 24.3 Å². The first-order valence-corrected chi connectivity index (χ1v) is 11.8. The maximum atomic E-state index is 13.3. The molecule has 2 aromatic carbocycles. The lowest BCUT2D eigenvalue weighted by Gasteiger charge is -2.31. The van der Waals surface area contributed by atoms with Crippen LogP contribution in [0.25, 0.3) is 11.1 Å². The number of amides is 1. The highest BCUT2D eigenvalue weighted by molar-refractivity contribution is 6.31. The Bertz CT molecular complexity index is 1090. The zero-order valence-electron chi connectivity index (χ0n) is 19.2. The van der Waals surface area contributed by atoms with Gasteiger partial charge in [-0.1, -0.05) is 11.6 Å². The van der Waals surface area contributed by atoms with E-state index in [2.05, 4.69) is 4.98 Å². The summed E-state index contributed by atoms with van der Waals surface area (Å²) in [5.74, 6) is 2.40. The Morgan fingerprint density at radius 3 is 2.27 bits per heavy atom. The molecule has 1 aliphatic heterocycles. The maximum Gasteiger partial charge on any atom is 0.254 e. The summed E-state index contributed by atoms with van der Waals surface area (Å²) in [6, 6.07) is 8.93. The van der Waals surface area contributed by atoms with Gasteiger partial charge in [0.15, 0.2) is 23.0 Å². The van der Waals surface area contributed by atoms with Crippen LogP contribution in [0.15, 0.2) is 34.7 Å². The minimum Gasteiger partial charge on any atom is -0.490 e. The molecular weight excluding hydrogens is 444 g/mol. The molecule has 0 saturated carbocycles. The largest absolute Gasteiger partial charge is 0.490 e. The molecule has 1 aliphatic rings. The van der Waals surface area contributed by atoms with Gasteiger partial charge in [-0.25, -0.2) is 4.98 Å². The number of ether oxygens (including phenoxy) is 3. The molecule has 0 atom stereocenters. The van der Waals surface area contributed by atoms with Gasteiger partial charge < -0.3 is 23.5 Å². The minimum atomic E-state index is -0.0530. The monoisotopic (exact) mass is 472 g/mol. The van der Waals surface area contributed by atoms with Crippen LogP contribution < -0.4 is 14.2 Å². The normalized spacial score (nSPS) is 14.5. The van der Waals surface area contributed by atoms with Crippen LogP contribution in [-0.4, -0.2) is 48.7 Å². The van der Waals surface area contributed by atoms with Crippen molar-refractivity contribution in [3.05, 3.63) is 46.8 Å². The highest BCUT2D eigenvalue weighted by Gasteiger charge is 2.29. The summed E-state index contributed by atoms with van der Waals surface area (Å²) in [4.78, 5) is 19.8. The molecule has 0 radical (unpaired) electrons. The first kappa shape index (κ1) is 23.2. The Morgan fingerprint density at radius 2 is 1.67 bits per heavy atom. The molecule has 1 saturated heterocycles. The lowest BCUT2D eigenvalue weighted by atomic mass is 9.96. The molecule has 1 aromatic heterocycles. The van der Waals surface area contributed by atoms with E-state index < -0.39 is 0 Å². The van der Waals surface area contributed by atoms with E-state index in [1.165, 1.54) is 0 Å². The molecular formula is C25H29ClN2O5. The number of oxazole rings is 1. The minimum absolute atomic E-state index is 0.0530. The van der Waals surface area contributed by atoms with Crippen LogP contribution in [0, 0.1) is 0 Å². The molecule has 0 N–H and O–H groups in total. The Hall–Kier alpha value is -2.93. The lowest BCUT2D eigenvalue weighted by molar-refractivity contribution is 0.0705. The molecule has 33 heavy (non-hydrogen) atoms. The zero-order chi connectivity index (χ0) is 23.4. The molecule has 0 unspecified atom stereocenters. The fourth-order valence-electron chi connectivity index (χ4n) is 4.12. The zero-order valence-corrected chi connectivity index (χ0v) is 20.0. The summed E-state index contributed by atoms with van der Waals surface area (Å²) in [6.45, 7) is 8.33. The van der Waals surface area contributed by atoms with E-state index in [-0.39, 0.29) is 11.8 Å². The number of benzene rings is 2. The third kappa shape index (κ3) is 5.03. The van der Waals surface area contributed by atoms with Crippen LogP contribution in [0.1, 0.15) is 55.8 Å². The van der Waals surface area contributed by atoms with E-state index in [0.29, 0.717) is 66.6 Å². The van der Waals surface area contributed by atoms with Crippen molar-refractivity contribution in [3.63, 3.8) is 0 Å². The number of carbonyl (C=O) groups excluding carboxylic acids is 1. The molecule has 176 valence electrons. The number of nitrogens with zero attached hydrogens (tertiary/aromatic N) is 2. The predicted octanol–water partition coefficient (Wildman–Crippen LogP) is 5.70. The summed E-state index contributed by atoms with van der Waals surface area (Å²) in [5.41, 5.74) is 2.02. The van der Waals surface area contributed by atoms with Gasteiger partial charge in [-0.2, -0.15) is 0 Å². The van der Waals surface area contributed by atoms with Gasteiger partial charge in [0, 0.05) is 29.6 Å². The number of hydrogen-bond acceptors (Lipinski definition) is 6. The highest BCUT2D eigenvalue weighted by atomic mass is 35.5. The topological polar surface area (TPSA) is 74.0 Å². The van der Waals surface area contributed by atoms with Crippen molar-refractivity contribution in [3.8, 4) is 17.2 Å². The van der Waals surface area contributed by atoms with Crippen LogP contribution in [0.4, 0.5) is 0 Å². The molecule has 7 nitrogen and oxygen atoms in total. The van der Waals surface area contributed by atoms with Crippen molar-refractivity contribution >= 4 is 28.6 Å². The van der Waals surface area contributed by atoms with Crippen LogP contribution in [0.2, 0.25) is 5.02 Å². The molecule has 8 heteroatoms. The van der Waals surface area contributed by atoms with Gasteiger partial charge in [-0.3, -0.25) is 4.79 Å². The molecule has 0 aliphatic carbocycles. The van der Waals surface area contributed by atoms with Crippen LogP contribution >= 0.6 is 11.6 Å². The third-order valence-electron chi connectivity index (χ3n) is 5.65. The number of hydrogen-bond donors (Lipinski definition) is 0. The molecule has 4 rings (SSSR count). The Labute approximate surface area is 198 Å². The summed E-state index contributed by atoms with van der Waals surface area (Å²) >= 11 is 6.06. The summed E-state index contributed by atoms with van der Waals surface area (Å²) in [6.07, 6.45) is 1.56. The van der Waals surface area contributed by atoms with Crippen LogP contribution in [-0.2, 0) is 0 Å². The quantitative estimate of drug-likeness (QED) is 0.419. The fraction of sp³-hybridized carbons (Fsp3) is 0.440. The van der Waals surface area contributed by atoms with Gasteiger partial charge in [-0.15, -0.1) is 0 Å². The fourth-order valence-corrected chi connectivity index (χ4v) is 4.28. The Morgan fingerprint density at radius 1 is 1.03 bits per heavy atom. The molecule has 1 fully saturated rings. The Balaban J connectivity index is 1.50. The van der Waals surface area contributed by atoms with E-state index in [9.17, 15) is 4.79 Å². The number of halogens is 1. The number of carbonyl (C=O) groups is 1. The van der Waals surface area contributed by atoms with Crippen molar-refractivity contribution in [2.24, 2.45) is 0 Å². The second-order valence-corrected chi connectivity index (χ2v) is 8.27. The smallest absolute Gasteiger partial charge is 0.254 e.